The quantitative estimate of drug-likeness (QED) is 0.741. The number of nitrogens with zero attached hydrogens (tertiary/aromatic N) is 1. The number of rotatable bonds is 3. The largest absolute Gasteiger partial charge is 0.496 e. The van der Waals surface area contributed by atoms with E-state index >= 15 is 0 Å². The second-order valence-corrected chi connectivity index (χ2v) is 4.72. The number of fused-ring (bicyclic) bond motifs is 1. The number of nitrogen functional groups attached to an aromatic ring is 1. The second kappa shape index (κ2) is 4.89. The number of aromatic nitrogens is 1. The lowest BCUT2D eigenvalue weighted by Crippen LogP contribution is -2.01. The molecule has 0 spiro atoms. The van der Waals surface area contributed by atoms with Gasteiger partial charge in [0, 0.05) is 28.4 Å². The molecule has 4 heteroatoms. The standard InChI is InChI=1S/C16H15FN2O/c1-20-16-5-3-14(18)9-12(16)10-19-7-6-11-8-13(17)2-4-15(11)19/h2-9H,10,18H2,1H3. The van der Waals surface area contributed by atoms with E-state index in [1.54, 1.807) is 13.2 Å². The van der Waals surface area contributed by atoms with Crippen molar-refractivity contribution in [2.24, 2.45) is 0 Å². The van der Waals surface area contributed by atoms with E-state index in [2.05, 4.69) is 0 Å². The third-order valence-electron chi connectivity index (χ3n) is 3.38. The maximum atomic E-state index is 13.2. The first-order valence-electron chi connectivity index (χ1n) is 6.34. The molecule has 0 unspecified atom stereocenters. The van der Waals surface area contributed by atoms with Gasteiger partial charge in [-0.3, -0.25) is 0 Å². The highest BCUT2D eigenvalue weighted by atomic mass is 19.1. The Balaban J connectivity index is 2.03. The van der Waals surface area contributed by atoms with Gasteiger partial charge >= 0.3 is 0 Å². The Morgan fingerprint density at radius 1 is 1.15 bits per heavy atom. The van der Waals surface area contributed by atoms with Crippen molar-refractivity contribution in [1.82, 2.24) is 4.57 Å². The monoisotopic (exact) mass is 270 g/mol. The summed E-state index contributed by atoms with van der Waals surface area (Å²) in [4.78, 5) is 0. The third kappa shape index (κ3) is 2.20. The Bertz CT molecular complexity index is 764. The lowest BCUT2D eigenvalue weighted by molar-refractivity contribution is 0.408. The molecular weight excluding hydrogens is 255 g/mol. The molecular formula is C16H15FN2O. The fraction of sp³-hybridized carbons (Fsp3) is 0.125. The Labute approximate surface area is 116 Å². The van der Waals surface area contributed by atoms with Gasteiger partial charge in [-0.15, -0.1) is 0 Å². The van der Waals surface area contributed by atoms with Crippen LogP contribution in [0.1, 0.15) is 5.56 Å². The fourth-order valence-electron chi connectivity index (χ4n) is 2.41. The molecule has 3 aromatic rings. The van der Waals surface area contributed by atoms with Crippen molar-refractivity contribution in [2.45, 2.75) is 6.54 Å². The first-order valence-corrected chi connectivity index (χ1v) is 6.34. The van der Waals surface area contributed by atoms with Crippen LogP contribution in [0.3, 0.4) is 0 Å². The number of hydrogen-bond acceptors (Lipinski definition) is 2. The number of benzene rings is 2. The highest BCUT2D eigenvalue weighted by Crippen LogP contribution is 2.24. The Kier molecular flexibility index (Phi) is 3.06. The Morgan fingerprint density at radius 3 is 2.80 bits per heavy atom. The van der Waals surface area contributed by atoms with Crippen LogP contribution in [0.15, 0.2) is 48.7 Å². The maximum absolute atomic E-state index is 13.2. The number of ether oxygens (including phenoxy) is 1. The molecule has 0 aliphatic heterocycles. The summed E-state index contributed by atoms with van der Waals surface area (Å²) in [5.41, 5.74) is 8.50. The normalized spacial score (nSPS) is 10.9. The highest BCUT2D eigenvalue weighted by Gasteiger charge is 2.07. The van der Waals surface area contributed by atoms with Gasteiger partial charge in [-0.25, -0.2) is 4.39 Å². The van der Waals surface area contributed by atoms with E-state index in [4.69, 9.17) is 10.5 Å². The SMILES string of the molecule is COc1ccc(N)cc1Cn1ccc2cc(F)ccc21. The molecule has 0 bridgehead atoms. The summed E-state index contributed by atoms with van der Waals surface area (Å²) in [6.45, 7) is 0.628. The minimum absolute atomic E-state index is 0.225. The number of hydrogen-bond donors (Lipinski definition) is 1. The molecule has 3 nitrogen and oxygen atoms in total. The molecule has 2 N–H and O–H groups in total. The molecule has 0 aliphatic rings. The summed E-state index contributed by atoms with van der Waals surface area (Å²) in [6.07, 6.45) is 1.94. The zero-order valence-corrected chi connectivity index (χ0v) is 11.1. The molecule has 0 atom stereocenters. The fourth-order valence-corrected chi connectivity index (χ4v) is 2.41. The predicted octanol–water partition coefficient (Wildman–Crippen LogP) is 3.42. The van der Waals surface area contributed by atoms with Gasteiger partial charge in [0.25, 0.3) is 0 Å². The summed E-state index contributed by atoms with van der Waals surface area (Å²) in [5.74, 6) is 0.569. The van der Waals surface area contributed by atoms with Gasteiger partial charge in [-0.1, -0.05) is 0 Å². The number of methoxy groups -OCH3 is 1. The molecule has 0 fully saturated rings. The van der Waals surface area contributed by atoms with Crippen molar-refractivity contribution in [3.8, 4) is 5.75 Å². The van der Waals surface area contributed by atoms with Gasteiger partial charge in [-0.2, -0.15) is 0 Å². The molecule has 2 aromatic carbocycles. The van der Waals surface area contributed by atoms with E-state index in [1.807, 2.05) is 35.0 Å². The average Bonchev–Trinajstić information content (AvgIpc) is 2.81. The smallest absolute Gasteiger partial charge is 0.124 e. The lowest BCUT2D eigenvalue weighted by Gasteiger charge is -2.11. The summed E-state index contributed by atoms with van der Waals surface area (Å²) in [5, 5.41) is 0.882. The van der Waals surface area contributed by atoms with Crippen LogP contribution in [0.2, 0.25) is 0 Å². The van der Waals surface area contributed by atoms with Crippen LogP contribution in [0.25, 0.3) is 10.9 Å². The van der Waals surface area contributed by atoms with Crippen LogP contribution in [0, 0.1) is 5.82 Å². The van der Waals surface area contributed by atoms with E-state index in [0.717, 1.165) is 22.2 Å². The zero-order chi connectivity index (χ0) is 14.1. The van der Waals surface area contributed by atoms with Crippen LogP contribution >= 0.6 is 0 Å². The van der Waals surface area contributed by atoms with Crippen LogP contribution in [-0.4, -0.2) is 11.7 Å². The van der Waals surface area contributed by atoms with E-state index in [1.165, 1.54) is 12.1 Å². The zero-order valence-electron chi connectivity index (χ0n) is 11.1. The highest BCUT2D eigenvalue weighted by molar-refractivity contribution is 5.80. The summed E-state index contributed by atoms with van der Waals surface area (Å²) >= 11 is 0. The maximum Gasteiger partial charge on any atom is 0.124 e. The molecule has 1 aromatic heterocycles. The molecule has 0 amide bonds. The van der Waals surface area contributed by atoms with Crippen molar-refractivity contribution in [1.29, 1.82) is 0 Å². The number of halogens is 1. The van der Waals surface area contributed by atoms with E-state index in [-0.39, 0.29) is 5.82 Å². The number of nitrogens with two attached hydrogens (primary N) is 1. The van der Waals surface area contributed by atoms with E-state index < -0.39 is 0 Å². The topological polar surface area (TPSA) is 40.2 Å². The average molecular weight is 270 g/mol. The second-order valence-electron chi connectivity index (χ2n) is 4.72. The molecule has 20 heavy (non-hydrogen) atoms. The minimum Gasteiger partial charge on any atom is -0.496 e. The first kappa shape index (κ1) is 12.5. The molecule has 102 valence electrons. The van der Waals surface area contributed by atoms with Crippen LogP contribution in [0.5, 0.6) is 5.75 Å². The summed E-state index contributed by atoms with van der Waals surface area (Å²) in [7, 11) is 1.64. The van der Waals surface area contributed by atoms with Crippen LogP contribution in [-0.2, 0) is 6.54 Å². The molecule has 0 radical (unpaired) electrons. The van der Waals surface area contributed by atoms with Gasteiger partial charge in [0.15, 0.2) is 0 Å². The van der Waals surface area contributed by atoms with Crippen molar-refractivity contribution < 1.29 is 9.13 Å². The van der Waals surface area contributed by atoms with E-state index in [0.29, 0.717) is 12.2 Å². The van der Waals surface area contributed by atoms with Crippen molar-refractivity contribution in [3.63, 3.8) is 0 Å². The van der Waals surface area contributed by atoms with Gasteiger partial charge in [0.05, 0.1) is 13.7 Å². The summed E-state index contributed by atoms with van der Waals surface area (Å²) < 4.78 is 20.6. The van der Waals surface area contributed by atoms with Gasteiger partial charge in [-0.05, 0) is 42.5 Å². The van der Waals surface area contributed by atoms with Gasteiger partial charge in [0.2, 0.25) is 0 Å². The third-order valence-corrected chi connectivity index (χ3v) is 3.38. The first-order chi connectivity index (χ1) is 9.67. The molecule has 1 heterocycles. The molecule has 0 saturated heterocycles. The van der Waals surface area contributed by atoms with Gasteiger partial charge < -0.3 is 15.0 Å². The number of anilines is 1. The minimum atomic E-state index is -0.225. The molecule has 3 rings (SSSR count). The van der Waals surface area contributed by atoms with E-state index in [9.17, 15) is 4.39 Å². The summed E-state index contributed by atoms with van der Waals surface area (Å²) in [6, 6.07) is 12.2. The molecule has 0 aliphatic carbocycles. The van der Waals surface area contributed by atoms with Crippen molar-refractivity contribution in [2.75, 3.05) is 12.8 Å². The van der Waals surface area contributed by atoms with Crippen LogP contribution in [0.4, 0.5) is 10.1 Å². The van der Waals surface area contributed by atoms with Crippen LogP contribution < -0.4 is 10.5 Å². The van der Waals surface area contributed by atoms with Gasteiger partial charge in [0.1, 0.15) is 11.6 Å². The molecule has 0 saturated carbocycles. The Hall–Kier alpha value is -2.49. The Morgan fingerprint density at radius 2 is 2.00 bits per heavy atom. The van der Waals surface area contributed by atoms with Crippen molar-refractivity contribution in [3.05, 3.63) is 60.0 Å². The van der Waals surface area contributed by atoms with Crippen molar-refractivity contribution >= 4 is 16.6 Å². The predicted molar refractivity (Wildman–Crippen MR) is 78.4 cm³/mol. The lowest BCUT2D eigenvalue weighted by atomic mass is 10.1.